The van der Waals surface area contributed by atoms with E-state index in [4.69, 9.17) is 15.6 Å². The molecule has 0 fully saturated rings. The Morgan fingerprint density at radius 1 is 0.949 bits per heavy atom. The third kappa shape index (κ3) is 9.45. The zero-order valence-electron chi connectivity index (χ0n) is 21.7. The first kappa shape index (κ1) is 31.4. The van der Waals surface area contributed by atoms with Gasteiger partial charge >= 0.3 is 12.3 Å². The maximum atomic E-state index is 13.2. The molecular weight excluding hydrogens is 521 g/mol. The van der Waals surface area contributed by atoms with E-state index in [1.54, 1.807) is 24.3 Å². The molecule has 10 nitrogen and oxygen atoms in total. The number of aliphatic hydroxyl groups is 1. The Morgan fingerprint density at radius 2 is 1.51 bits per heavy atom. The average Bonchev–Trinajstić information content (AvgIpc) is 2.88. The van der Waals surface area contributed by atoms with Crippen molar-refractivity contribution >= 4 is 17.9 Å². The monoisotopic (exact) mass is 554 g/mol. The van der Waals surface area contributed by atoms with Gasteiger partial charge in [0.25, 0.3) is 0 Å². The summed E-state index contributed by atoms with van der Waals surface area (Å²) in [6.07, 6.45) is -8.88. The largest absolute Gasteiger partial charge is 0.497 e. The van der Waals surface area contributed by atoms with Crippen molar-refractivity contribution in [1.82, 2.24) is 16.0 Å². The SMILES string of the molecule is COc1ccc(C(NC(=O)C(N)Cc2ccc(CNC(=O)O)cc2)C(=O)NC(C(C)C)C(O)C(F)(F)F)cc1. The molecule has 0 heterocycles. The fourth-order valence-corrected chi connectivity index (χ4v) is 3.72. The van der Waals surface area contributed by atoms with E-state index in [9.17, 15) is 32.7 Å². The lowest BCUT2D eigenvalue weighted by Gasteiger charge is -2.31. The number of carbonyl (C=O) groups is 3. The zero-order chi connectivity index (χ0) is 29.3. The van der Waals surface area contributed by atoms with Gasteiger partial charge in [0.15, 0.2) is 6.10 Å². The van der Waals surface area contributed by atoms with E-state index in [0.29, 0.717) is 16.9 Å². The number of aliphatic hydroxyl groups excluding tert-OH is 1. The molecule has 2 rings (SSSR count). The Labute approximate surface area is 223 Å². The third-order valence-electron chi connectivity index (χ3n) is 5.96. The Balaban J connectivity index is 2.21. The smallest absolute Gasteiger partial charge is 0.416 e. The van der Waals surface area contributed by atoms with Crippen LogP contribution in [0, 0.1) is 5.92 Å². The van der Waals surface area contributed by atoms with Crippen LogP contribution in [-0.2, 0) is 22.6 Å². The number of methoxy groups -OCH3 is 1. The molecule has 0 radical (unpaired) electrons. The third-order valence-corrected chi connectivity index (χ3v) is 5.96. The minimum absolute atomic E-state index is 0.0663. The second-order valence-corrected chi connectivity index (χ2v) is 9.27. The van der Waals surface area contributed by atoms with Gasteiger partial charge in [-0.3, -0.25) is 9.59 Å². The highest BCUT2D eigenvalue weighted by atomic mass is 19.4. The van der Waals surface area contributed by atoms with Crippen LogP contribution in [0.2, 0.25) is 0 Å². The number of hydrogen-bond acceptors (Lipinski definition) is 6. The lowest BCUT2D eigenvalue weighted by molar-refractivity contribution is -0.215. The molecule has 0 spiro atoms. The van der Waals surface area contributed by atoms with Crippen molar-refractivity contribution in [1.29, 1.82) is 0 Å². The van der Waals surface area contributed by atoms with Crippen LogP contribution in [0.4, 0.5) is 18.0 Å². The van der Waals surface area contributed by atoms with Crippen molar-refractivity contribution in [2.75, 3.05) is 7.11 Å². The normalized spacial score (nSPS) is 14.6. The number of carbonyl (C=O) groups excluding carboxylic acids is 2. The summed E-state index contributed by atoms with van der Waals surface area (Å²) in [7, 11) is 1.43. The van der Waals surface area contributed by atoms with Gasteiger partial charge in [-0.1, -0.05) is 50.2 Å². The first-order valence-corrected chi connectivity index (χ1v) is 12.0. The molecule has 214 valence electrons. The van der Waals surface area contributed by atoms with Gasteiger partial charge in [-0.2, -0.15) is 13.2 Å². The first-order chi connectivity index (χ1) is 18.2. The highest BCUT2D eigenvalue weighted by Gasteiger charge is 2.45. The van der Waals surface area contributed by atoms with Gasteiger partial charge in [0.1, 0.15) is 11.8 Å². The highest BCUT2D eigenvalue weighted by molar-refractivity contribution is 5.90. The standard InChI is InChI=1S/C26H33F3N4O6/c1-14(2)20(22(34)26(27,28)29)32-24(36)21(17-8-10-18(39-3)11-9-17)33-23(35)19(30)12-15-4-6-16(7-5-15)13-31-25(37)38/h4-11,14,19-22,31,34H,12-13,30H2,1-3H3,(H,32,36)(H,33,35)(H,37,38). The summed E-state index contributed by atoms with van der Waals surface area (Å²) in [4.78, 5) is 36.8. The first-order valence-electron chi connectivity index (χ1n) is 12.0. The van der Waals surface area contributed by atoms with E-state index in [1.165, 1.54) is 45.2 Å². The quantitative estimate of drug-likeness (QED) is 0.234. The van der Waals surface area contributed by atoms with Crippen molar-refractivity contribution in [2.24, 2.45) is 11.7 Å². The van der Waals surface area contributed by atoms with Gasteiger partial charge in [0, 0.05) is 6.54 Å². The number of alkyl halides is 3. The van der Waals surface area contributed by atoms with E-state index >= 15 is 0 Å². The van der Waals surface area contributed by atoms with E-state index in [2.05, 4.69) is 16.0 Å². The van der Waals surface area contributed by atoms with Crippen LogP contribution in [0.15, 0.2) is 48.5 Å². The number of nitrogens with two attached hydrogens (primary N) is 1. The van der Waals surface area contributed by atoms with Gasteiger partial charge < -0.3 is 36.6 Å². The number of ether oxygens (including phenoxy) is 1. The van der Waals surface area contributed by atoms with Gasteiger partial charge in [0.05, 0.1) is 19.2 Å². The van der Waals surface area contributed by atoms with Gasteiger partial charge in [-0.15, -0.1) is 0 Å². The second kappa shape index (κ2) is 13.8. The van der Waals surface area contributed by atoms with Gasteiger partial charge in [-0.25, -0.2) is 4.79 Å². The molecular formula is C26H33F3N4O6. The fourth-order valence-electron chi connectivity index (χ4n) is 3.72. The lowest BCUT2D eigenvalue weighted by Crippen LogP contribution is -2.56. The maximum absolute atomic E-state index is 13.2. The average molecular weight is 555 g/mol. The lowest BCUT2D eigenvalue weighted by atomic mass is 9.96. The van der Waals surface area contributed by atoms with Crippen molar-refractivity contribution in [3.63, 3.8) is 0 Å². The molecule has 0 saturated heterocycles. The Bertz CT molecular complexity index is 1110. The van der Waals surface area contributed by atoms with Crippen LogP contribution >= 0.6 is 0 Å². The van der Waals surface area contributed by atoms with Crippen molar-refractivity contribution in [2.45, 2.75) is 57.2 Å². The number of hydrogen-bond donors (Lipinski definition) is 6. The number of rotatable bonds is 12. The van der Waals surface area contributed by atoms with E-state index in [1.807, 2.05) is 0 Å². The number of amides is 3. The topological polar surface area (TPSA) is 163 Å². The van der Waals surface area contributed by atoms with Crippen LogP contribution in [0.25, 0.3) is 0 Å². The molecule has 0 saturated carbocycles. The molecule has 3 amide bonds. The minimum Gasteiger partial charge on any atom is -0.497 e. The Kier molecular flexibility index (Phi) is 11.1. The summed E-state index contributed by atoms with van der Waals surface area (Å²) >= 11 is 0. The second-order valence-electron chi connectivity index (χ2n) is 9.27. The molecule has 4 unspecified atom stereocenters. The Hall–Kier alpha value is -3.84. The van der Waals surface area contributed by atoms with Crippen LogP contribution < -0.4 is 26.4 Å². The molecule has 2 aromatic rings. The molecule has 0 aliphatic rings. The number of benzene rings is 2. The van der Waals surface area contributed by atoms with Gasteiger partial charge in [-0.05, 0) is 41.2 Å². The van der Waals surface area contributed by atoms with Gasteiger partial charge in [0.2, 0.25) is 11.8 Å². The summed E-state index contributed by atoms with van der Waals surface area (Å²) in [5, 5.41) is 25.5. The summed E-state index contributed by atoms with van der Waals surface area (Å²) in [5.41, 5.74) is 7.68. The molecule has 0 aliphatic carbocycles. The summed E-state index contributed by atoms with van der Waals surface area (Å²) in [6, 6.07) is 8.47. The summed E-state index contributed by atoms with van der Waals surface area (Å²) < 4.78 is 44.7. The molecule has 7 N–H and O–H groups in total. The summed E-state index contributed by atoms with van der Waals surface area (Å²) in [5.74, 6) is -2.03. The fraction of sp³-hybridized carbons (Fsp3) is 0.423. The van der Waals surface area contributed by atoms with E-state index in [0.717, 1.165) is 0 Å². The van der Waals surface area contributed by atoms with Crippen LogP contribution in [0.3, 0.4) is 0 Å². The number of nitrogens with one attached hydrogen (secondary N) is 3. The predicted octanol–water partition coefficient (Wildman–Crippen LogP) is 2.25. The van der Waals surface area contributed by atoms with Crippen molar-refractivity contribution < 1.29 is 42.5 Å². The number of carboxylic acid groups (broad SMARTS) is 1. The molecule has 0 aliphatic heterocycles. The zero-order valence-corrected chi connectivity index (χ0v) is 21.7. The van der Waals surface area contributed by atoms with Crippen LogP contribution in [-0.4, -0.2) is 59.6 Å². The van der Waals surface area contributed by atoms with Crippen LogP contribution in [0.1, 0.15) is 36.6 Å². The van der Waals surface area contributed by atoms with Crippen LogP contribution in [0.5, 0.6) is 5.75 Å². The molecule has 0 aromatic heterocycles. The van der Waals surface area contributed by atoms with E-state index in [-0.39, 0.29) is 18.5 Å². The van der Waals surface area contributed by atoms with Crippen molar-refractivity contribution in [3.8, 4) is 5.75 Å². The molecule has 0 bridgehead atoms. The minimum atomic E-state index is -4.97. The highest BCUT2D eigenvalue weighted by Crippen LogP contribution is 2.26. The molecule has 13 heteroatoms. The van der Waals surface area contributed by atoms with E-state index < -0.39 is 54.2 Å². The predicted molar refractivity (Wildman–Crippen MR) is 136 cm³/mol. The Morgan fingerprint density at radius 3 is 2.00 bits per heavy atom. The molecule has 39 heavy (non-hydrogen) atoms. The molecule has 4 atom stereocenters. The van der Waals surface area contributed by atoms with Crippen molar-refractivity contribution in [3.05, 3.63) is 65.2 Å². The molecule has 2 aromatic carbocycles. The summed E-state index contributed by atoms with van der Waals surface area (Å²) in [6.45, 7) is 2.93. The maximum Gasteiger partial charge on any atom is 0.416 e. The number of halogens is 3.